The fourth-order valence-electron chi connectivity index (χ4n) is 2.85. The number of hydrogen-bond donors (Lipinski definition) is 2. The molecule has 2 bridgehead atoms. The minimum absolute atomic E-state index is 0.0590. The maximum atomic E-state index is 11.3. The van der Waals surface area contributed by atoms with Crippen LogP contribution in [0.1, 0.15) is 12.8 Å². The van der Waals surface area contributed by atoms with Gasteiger partial charge in [-0.05, 0) is 12.8 Å². The summed E-state index contributed by atoms with van der Waals surface area (Å²) >= 11 is 0. The summed E-state index contributed by atoms with van der Waals surface area (Å²) in [4.78, 5) is 22.6. The average molecular weight is 166 g/mol. The fraction of sp³-hybridized carbons (Fsp3) is 0.750. The first-order chi connectivity index (χ1) is 5.77. The van der Waals surface area contributed by atoms with Crippen LogP contribution in [0, 0.1) is 11.8 Å². The summed E-state index contributed by atoms with van der Waals surface area (Å²) in [5.41, 5.74) is 0. The highest BCUT2D eigenvalue weighted by Gasteiger charge is 2.57. The van der Waals surface area contributed by atoms with Crippen molar-refractivity contribution < 1.29 is 9.59 Å². The van der Waals surface area contributed by atoms with Crippen molar-refractivity contribution in [1.82, 2.24) is 10.6 Å². The van der Waals surface area contributed by atoms with Crippen molar-refractivity contribution in [2.45, 2.75) is 24.9 Å². The molecule has 3 aliphatic heterocycles. The zero-order valence-corrected chi connectivity index (χ0v) is 6.54. The molecule has 3 fully saturated rings. The monoisotopic (exact) mass is 166 g/mol. The van der Waals surface area contributed by atoms with Gasteiger partial charge < -0.3 is 5.32 Å². The summed E-state index contributed by atoms with van der Waals surface area (Å²) in [7, 11) is 0. The topological polar surface area (TPSA) is 58.2 Å². The summed E-state index contributed by atoms with van der Waals surface area (Å²) in [6.07, 6.45) is 2.10. The predicted octanol–water partition coefficient (Wildman–Crippen LogP) is -0.991. The van der Waals surface area contributed by atoms with Crippen molar-refractivity contribution in [3.8, 4) is 0 Å². The van der Waals surface area contributed by atoms with Crippen LogP contribution in [0.2, 0.25) is 0 Å². The van der Waals surface area contributed by atoms with E-state index in [2.05, 4.69) is 10.6 Å². The molecule has 4 nitrogen and oxygen atoms in total. The lowest BCUT2D eigenvalue weighted by molar-refractivity contribution is -0.126. The van der Waals surface area contributed by atoms with Gasteiger partial charge in [0.2, 0.25) is 11.8 Å². The molecule has 3 aliphatic rings. The Morgan fingerprint density at radius 2 is 1.50 bits per heavy atom. The number of imide groups is 1. The van der Waals surface area contributed by atoms with E-state index < -0.39 is 0 Å². The molecular formula is C8H10N2O2. The zero-order chi connectivity index (χ0) is 8.29. The molecule has 3 rings (SSSR count). The second-order valence-electron chi connectivity index (χ2n) is 3.86. The Hall–Kier alpha value is -0.900. The van der Waals surface area contributed by atoms with Gasteiger partial charge in [0, 0.05) is 12.1 Å². The van der Waals surface area contributed by atoms with E-state index in [0.29, 0.717) is 0 Å². The first-order valence-electron chi connectivity index (χ1n) is 4.38. The van der Waals surface area contributed by atoms with Gasteiger partial charge in [-0.1, -0.05) is 0 Å². The van der Waals surface area contributed by atoms with E-state index in [-0.39, 0.29) is 35.7 Å². The van der Waals surface area contributed by atoms with Crippen molar-refractivity contribution >= 4 is 11.8 Å². The van der Waals surface area contributed by atoms with Gasteiger partial charge in [-0.25, -0.2) is 0 Å². The van der Waals surface area contributed by atoms with Crippen LogP contribution in [0.25, 0.3) is 0 Å². The lowest BCUT2D eigenvalue weighted by atomic mass is 9.81. The van der Waals surface area contributed by atoms with Crippen LogP contribution in [-0.2, 0) is 9.59 Å². The quantitative estimate of drug-likeness (QED) is 0.454. The lowest BCUT2D eigenvalue weighted by Crippen LogP contribution is -2.33. The molecule has 2 N–H and O–H groups in total. The zero-order valence-electron chi connectivity index (χ0n) is 6.54. The van der Waals surface area contributed by atoms with Crippen molar-refractivity contribution in [2.24, 2.45) is 11.8 Å². The van der Waals surface area contributed by atoms with E-state index >= 15 is 0 Å². The van der Waals surface area contributed by atoms with E-state index in [9.17, 15) is 9.59 Å². The first kappa shape index (κ1) is 6.60. The van der Waals surface area contributed by atoms with Crippen LogP contribution in [0.15, 0.2) is 0 Å². The molecule has 0 saturated carbocycles. The van der Waals surface area contributed by atoms with E-state index in [1.807, 2.05) is 0 Å². The molecule has 64 valence electrons. The van der Waals surface area contributed by atoms with Gasteiger partial charge >= 0.3 is 0 Å². The molecule has 4 heteroatoms. The van der Waals surface area contributed by atoms with E-state index in [1.54, 1.807) is 0 Å². The molecular weight excluding hydrogens is 156 g/mol. The van der Waals surface area contributed by atoms with Gasteiger partial charge in [0.1, 0.15) is 0 Å². The molecule has 3 saturated heterocycles. The highest BCUT2D eigenvalue weighted by atomic mass is 16.2. The van der Waals surface area contributed by atoms with Crippen LogP contribution in [0.5, 0.6) is 0 Å². The van der Waals surface area contributed by atoms with Crippen molar-refractivity contribution in [2.75, 3.05) is 0 Å². The summed E-state index contributed by atoms with van der Waals surface area (Å²) in [5, 5.41) is 5.71. The second kappa shape index (κ2) is 1.88. The van der Waals surface area contributed by atoms with Crippen LogP contribution >= 0.6 is 0 Å². The normalized spacial score (nSPS) is 49.7. The van der Waals surface area contributed by atoms with Crippen LogP contribution in [0.4, 0.5) is 0 Å². The van der Waals surface area contributed by atoms with Crippen LogP contribution < -0.4 is 10.6 Å². The third kappa shape index (κ3) is 0.579. The van der Waals surface area contributed by atoms with Gasteiger partial charge in [0.25, 0.3) is 0 Å². The Labute approximate surface area is 69.7 Å². The standard InChI is InChI=1S/C8H10N2O2/c11-7-5-3-1-2-4(9-3)6(5)8(12)10-7/h3-6,9H,1-2H2,(H,10,11,12). The molecule has 0 aromatic heterocycles. The Morgan fingerprint density at radius 3 is 2.00 bits per heavy atom. The lowest BCUT2D eigenvalue weighted by Gasteiger charge is -2.17. The summed E-state index contributed by atoms with van der Waals surface area (Å²) in [6.45, 7) is 0. The Bertz CT molecular complexity index is 250. The Kier molecular flexibility index (Phi) is 1.03. The third-order valence-electron chi connectivity index (χ3n) is 3.32. The molecule has 4 unspecified atom stereocenters. The maximum Gasteiger partial charge on any atom is 0.232 e. The average Bonchev–Trinajstić information content (AvgIpc) is 2.64. The van der Waals surface area contributed by atoms with Gasteiger partial charge in [-0.15, -0.1) is 0 Å². The van der Waals surface area contributed by atoms with E-state index in [1.165, 1.54) is 0 Å². The van der Waals surface area contributed by atoms with Crippen LogP contribution in [-0.4, -0.2) is 23.9 Å². The van der Waals surface area contributed by atoms with Crippen molar-refractivity contribution in [1.29, 1.82) is 0 Å². The highest BCUT2D eigenvalue weighted by Crippen LogP contribution is 2.41. The summed E-state index contributed by atoms with van der Waals surface area (Å²) < 4.78 is 0. The smallest absolute Gasteiger partial charge is 0.232 e. The number of hydrogen-bond acceptors (Lipinski definition) is 3. The largest absolute Gasteiger partial charge is 0.310 e. The highest BCUT2D eigenvalue weighted by molar-refractivity contribution is 6.06. The minimum Gasteiger partial charge on any atom is -0.310 e. The predicted molar refractivity (Wildman–Crippen MR) is 40.1 cm³/mol. The number of nitrogens with one attached hydrogen (secondary N) is 2. The minimum atomic E-state index is -0.0651. The number of carbonyl (C=O) groups is 2. The van der Waals surface area contributed by atoms with Gasteiger partial charge in [0.05, 0.1) is 11.8 Å². The van der Waals surface area contributed by atoms with Crippen molar-refractivity contribution in [3.63, 3.8) is 0 Å². The third-order valence-corrected chi connectivity index (χ3v) is 3.32. The van der Waals surface area contributed by atoms with E-state index in [0.717, 1.165) is 12.8 Å². The maximum absolute atomic E-state index is 11.3. The van der Waals surface area contributed by atoms with Crippen molar-refractivity contribution in [3.05, 3.63) is 0 Å². The van der Waals surface area contributed by atoms with Crippen LogP contribution in [0.3, 0.4) is 0 Å². The molecule has 12 heavy (non-hydrogen) atoms. The molecule has 0 radical (unpaired) electrons. The molecule has 0 aromatic carbocycles. The molecule has 0 spiro atoms. The van der Waals surface area contributed by atoms with Gasteiger partial charge in [-0.3, -0.25) is 14.9 Å². The number of fused-ring (bicyclic) bond motifs is 5. The SMILES string of the molecule is O=C1NC(=O)C2C3CCC(N3)C12. The Balaban J connectivity index is 2.03. The second-order valence-corrected chi connectivity index (χ2v) is 3.86. The number of amides is 2. The summed E-state index contributed by atoms with van der Waals surface area (Å²) in [5.74, 6) is -0.248. The summed E-state index contributed by atoms with van der Waals surface area (Å²) in [6, 6.07) is 0.540. The van der Waals surface area contributed by atoms with Gasteiger partial charge in [-0.2, -0.15) is 0 Å². The Morgan fingerprint density at radius 1 is 1.00 bits per heavy atom. The molecule has 2 amide bonds. The molecule has 0 aromatic rings. The first-order valence-corrected chi connectivity index (χ1v) is 4.38. The fourth-order valence-corrected chi connectivity index (χ4v) is 2.85. The molecule has 3 heterocycles. The van der Waals surface area contributed by atoms with E-state index in [4.69, 9.17) is 0 Å². The number of carbonyl (C=O) groups excluding carboxylic acids is 2. The van der Waals surface area contributed by atoms with Gasteiger partial charge in [0.15, 0.2) is 0 Å². The molecule has 0 aliphatic carbocycles. The number of rotatable bonds is 0. The molecule has 4 atom stereocenters.